The molecule has 0 aliphatic carbocycles. The van der Waals surface area contributed by atoms with Crippen LogP contribution in [0.5, 0.6) is 0 Å². The van der Waals surface area contributed by atoms with Crippen molar-refractivity contribution in [3.63, 3.8) is 0 Å². The molecule has 0 N–H and O–H groups in total. The van der Waals surface area contributed by atoms with Crippen molar-refractivity contribution in [3.8, 4) is 0 Å². The van der Waals surface area contributed by atoms with Gasteiger partial charge in [-0.15, -0.1) is 0 Å². The van der Waals surface area contributed by atoms with E-state index in [1.807, 2.05) is 36.8 Å². The third kappa shape index (κ3) is 6.68. The lowest BCUT2D eigenvalue weighted by Gasteiger charge is -2.26. The zero-order valence-electron chi connectivity index (χ0n) is 20.1. The van der Waals surface area contributed by atoms with E-state index < -0.39 is 0 Å². The molecule has 0 spiro atoms. The molecule has 32 heavy (non-hydrogen) atoms. The largest absolute Gasteiger partial charge is 0.299 e. The SMILES string of the molecule is CCc1cccnc1CN(C)CCN(Cc1ncccc1CC)Cc1ncccc1CC. The fraction of sp³-hybridized carbons (Fsp3) is 0.444. The minimum Gasteiger partial charge on any atom is -0.299 e. The predicted molar refractivity (Wildman–Crippen MR) is 131 cm³/mol. The average Bonchev–Trinajstić information content (AvgIpc) is 2.83. The minimum absolute atomic E-state index is 0.835. The Morgan fingerprint density at radius 1 is 0.594 bits per heavy atom. The average molecular weight is 432 g/mol. The Hall–Kier alpha value is -2.63. The number of aryl methyl sites for hydroxylation is 3. The summed E-state index contributed by atoms with van der Waals surface area (Å²) in [6.07, 6.45) is 8.73. The lowest BCUT2D eigenvalue weighted by molar-refractivity contribution is 0.203. The van der Waals surface area contributed by atoms with E-state index in [1.165, 1.54) is 33.8 Å². The minimum atomic E-state index is 0.835. The van der Waals surface area contributed by atoms with Crippen LogP contribution < -0.4 is 0 Å². The van der Waals surface area contributed by atoms with Crippen molar-refractivity contribution in [2.24, 2.45) is 0 Å². The highest BCUT2D eigenvalue weighted by molar-refractivity contribution is 5.22. The molecule has 0 aliphatic heterocycles. The first-order valence-electron chi connectivity index (χ1n) is 11.8. The molecular formula is C27H37N5. The number of aromatic nitrogens is 3. The number of rotatable bonds is 12. The molecule has 0 bridgehead atoms. The van der Waals surface area contributed by atoms with Crippen molar-refractivity contribution in [1.82, 2.24) is 24.8 Å². The Morgan fingerprint density at radius 2 is 1.00 bits per heavy atom. The summed E-state index contributed by atoms with van der Waals surface area (Å²) < 4.78 is 0. The van der Waals surface area contributed by atoms with Crippen LogP contribution in [0.25, 0.3) is 0 Å². The van der Waals surface area contributed by atoms with Gasteiger partial charge >= 0.3 is 0 Å². The van der Waals surface area contributed by atoms with Gasteiger partial charge < -0.3 is 0 Å². The van der Waals surface area contributed by atoms with Crippen LogP contribution in [0.2, 0.25) is 0 Å². The van der Waals surface area contributed by atoms with Gasteiger partial charge in [-0.2, -0.15) is 0 Å². The number of likely N-dealkylation sites (N-methyl/N-ethyl adjacent to an activating group) is 1. The van der Waals surface area contributed by atoms with Gasteiger partial charge in [0, 0.05) is 51.3 Å². The zero-order valence-corrected chi connectivity index (χ0v) is 20.1. The molecule has 0 fully saturated rings. The van der Waals surface area contributed by atoms with Crippen LogP contribution in [-0.2, 0) is 38.9 Å². The zero-order chi connectivity index (χ0) is 22.8. The Morgan fingerprint density at radius 3 is 1.41 bits per heavy atom. The van der Waals surface area contributed by atoms with Gasteiger partial charge in [0.2, 0.25) is 0 Å². The molecule has 0 amide bonds. The molecule has 3 aromatic heterocycles. The second-order valence-electron chi connectivity index (χ2n) is 8.34. The normalized spacial score (nSPS) is 11.4. The summed E-state index contributed by atoms with van der Waals surface area (Å²) in [7, 11) is 2.18. The van der Waals surface area contributed by atoms with Gasteiger partial charge in [0.15, 0.2) is 0 Å². The van der Waals surface area contributed by atoms with E-state index in [0.717, 1.165) is 52.0 Å². The van der Waals surface area contributed by atoms with Crippen molar-refractivity contribution in [3.05, 3.63) is 88.8 Å². The smallest absolute Gasteiger partial charge is 0.0575 e. The van der Waals surface area contributed by atoms with Crippen molar-refractivity contribution < 1.29 is 0 Å². The molecular weight excluding hydrogens is 394 g/mol. The van der Waals surface area contributed by atoms with Crippen molar-refractivity contribution >= 4 is 0 Å². The molecule has 0 saturated carbocycles. The van der Waals surface area contributed by atoms with Crippen LogP contribution in [0.4, 0.5) is 0 Å². The van der Waals surface area contributed by atoms with Gasteiger partial charge in [-0.25, -0.2) is 0 Å². The molecule has 3 rings (SSSR count). The topological polar surface area (TPSA) is 45.2 Å². The first-order valence-corrected chi connectivity index (χ1v) is 11.8. The van der Waals surface area contributed by atoms with E-state index in [9.17, 15) is 0 Å². The molecule has 3 aromatic rings. The fourth-order valence-corrected chi connectivity index (χ4v) is 4.09. The van der Waals surface area contributed by atoms with E-state index in [0.29, 0.717) is 0 Å². The second-order valence-corrected chi connectivity index (χ2v) is 8.34. The number of nitrogens with zero attached hydrogens (tertiary/aromatic N) is 5. The van der Waals surface area contributed by atoms with Gasteiger partial charge in [-0.05, 0) is 61.2 Å². The third-order valence-electron chi connectivity index (χ3n) is 6.06. The van der Waals surface area contributed by atoms with Gasteiger partial charge in [0.25, 0.3) is 0 Å². The highest BCUT2D eigenvalue weighted by Crippen LogP contribution is 2.15. The van der Waals surface area contributed by atoms with Crippen LogP contribution in [0.1, 0.15) is 54.5 Å². The molecule has 5 heteroatoms. The van der Waals surface area contributed by atoms with Crippen LogP contribution >= 0.6 is 0 Å². The molecule has 0 atom stereocenters. The summed E-state index contributed by atoms with van der Waals surface area (Å²) in [6, 6.07) is 12.7. The maximum atomic E-state index is 4.71. The Kier molecular flexibility index (Phi) is 9.32. The van der Waals surface area contributed by atoms with Gasteiger partial charge in [-0.1, -0.05) is 39.0 Å². The first kappa shape index (κ1) is 24.0. The molecule has 5 nitrogen and oxygen atoms in total. The third-order valence-corrected chi connectivity index (χ3v) is 6.06. The van der Waals surface area contributed by atoms with E-state index in [4.69, 9.17) is 9.97 Å². The van der Waals surface area contributed by atoms with E-state index in [2.05, 4.69) is 60.8 Å². The molecule has 170 valence electrons. The van der Waals surface area contributed by atoms with Crippen molar-refractivity contribution in [2.75, 3.05) is 20.1 Å². The molecule has 0 unspecified atom stereocenters. The van der Waals surface area contributed by atoms with Crippen LogP contribution in [-0.4, -0.2) is 44.9 Å². The van der Waals surface area contributed by atoms with Crippen LogP contribution in [0.3, 0.4) is 0 Å². The number of hydrogen-bond donors (Lipinski definition) is 0. The Bertz CT molecular complexity index is 922. The molecule has 0 saturated heterocycles. The van der Waals surface area contributed by atoms with E-state index in [1.54, 1.807) is 0 Å². The second kappa shape index (κ2) is 12.4. The van der Waals surface area contributed by atoms with Gasteiger partial charge in [-0.3, -0.25) is 24.8 Å². The first-order chi connectivity index (χ1) is 15.6. The summed E-state index contributed by atoms with van der Waals surface area (Å²) in [5, 5.41) is 0. The highest BCUT2D eigenvalue weighted by atomic mass is 15.2. The van der Waals surface area contributed by atoms with Crippen molar-refractivity contribution in [1.29, 1.82) is 0 Å². The Balaban J connectivity index is 1.72. The molecule has 3 heterocycles. The van der Waals surface area contributed by atoms with Crippen molar-refractivity contribution in [2.45, 2.75) is 59.7 Å². The molecule has 0 radical (unpaired) electrons. The summed E-state index contributed by atoms with van der Waals surface area (Å²) in [5.41, 5.74) is 7.50. The standard InChI is InChI=1S/C27H37N5/c1-5-22-11-8-14-28-25(22)19-31(4)17-18-32(20-26-23(6-2)12-9-15-29-26)21-27-24(7-3)13-10-16-30-27/h8-16H,5-7,17-21H2,1-4H3. The number of pyridine rings is 3. The summed E-state index contributed by atoms with van der Waals surface area (Å²) in [4.78, 5) is 18.9. The monoisotopic (exact) mass is 431 g/mol. The highest BCUT2D eigenvalue weighted by Gasteiger charge is 2.15. The summed E-state index contributed by atoms with van der Waals surface area (Å²) in [6.45, 7) is 11.0. The molecule has 0 aliphatic rings. The maximum absolute atomic E-state index is 4.71. The predicted octanol–water partition coefficient (Wildman–Crippen LogP) is 4.69. The fourth-order valence-electron chi connectivity index (χ4n) is 4.09. The summed E-state index contributed by atoms with van der Waals surface area (Å²) >= 11 is 0. The van der Waals surface area contributed by atoms with E-state index in [-0.39, 0.29) is 0 Å². The van der Waals surface area contributed by atoms with Gasteiger partial charge in [0.05, 0.1) is 17.1 Å². The molecule has 0 aromatic carbocycles. The maximum Gasteiger partial charge on any atom is 0.0575 e. The van der Waals surface area contributed by atoms with Crippen LogP contribution in [0, 0.1) is 0 Å². The van der Waals surface area contributed by atoms with E-state index >= 15 is 0 Å². The van der Waals surface area contributed by atoms with Gasteiger partial charge in [0.1, 0.15) is 0 Å². The number of hydrogen-bond acceptors (Lipinski definition) is 5. The summed E-state index contributed by atoms with van der Waals surface area (Å²) in [5.74, 6) is 0. The quantitative estimate of drug-likeness (QED) is 0.416. The lowest BCUT2D eigenvalue weighted by atomic mass is 10.1. The lowest BCUT2D eigenvalue weighted by Crippen LogP contribution is -2.33. The Labute approximate surface area is 193 Å². The van der Waals surface area contributed by atoms with Crippen LogP contribution in [0.15, 0.2) is 55.0 Å².